The number of aliphatic hydroxyl groups excluding tert-OH is 1. The third-order valence-electron chi connectivity index (χ3n) is 11.7. The lowest BCUT2D eigenvalue weighted by Crippen LogP contribution is -2.30. The number of unbranched alkanes of at least 4 members (excludes halogenated alkanes) is 18. The number of esters is 3. The zero-order valence-corrected chi connectivity index (χ0v) is 47.4. The van der Waals surface area contributed by atoms with E-state index >= 15 is 0 Å². The second-order valence-electron chi connectivity index (χ2n) is 18.7. The minimum Gasteiger partial charge on any atom is -0.462 e. The van der Waals surface area contributed by atoms with Crippen LogP contribution in [0.5, 0.6) is 0 Å². The highest BCUT2D eigenvalue weighted by atomic mass is 31.2. The Morgan fingerprint density at radius 3 is 1.24 bits per heavy atom. The van der Waals surface area contributed by atoms with Gasteiger partial charge in [0, 0.05) is 12.8 Å². The predicted molar refractivity (Wildman–Crippen MR) is 307 cm³/mol. The second kappa shape index (κ2) is 55.4. The van der Waals surface area contributed by atoms with Crippen LogP contribution in [0.3, 0.4) is 0 Å². The molecule has 0 fully saturated rings. The quantitative estimate of drug-likeness (QED) is 0.0197. The highest BCUT2D eigenvalue weighted by Crippen LogP contribution is 2.43. The van der Waals surface area contributed by atoms with Crippen molar-refractivity contribution in [2.75, 3.05) is 26.4 Å². The van der Waals surface area contributed by atoms with Crippen LogP contribution in [0.1, 0.15) is 226 Å². The van der Waals surface area contributed by atoms with Crippen LogP contribution in [0, 0.1) is 0 Å². The van der Waals surface area contributed by atoms with Crippen LogP contribution in [0.15, 0.2) is 109 Å². The number of phosphoric acid groups is 1. The summed E-state index contributed by atoms with van der Waals surface area (Å²) in [7, 11) is -4.78. The van der Waals surface area contributed by atoms with Crippen molar-refractivity contribution >= 4 is 25.7 Å². The Bertz CT molecular complexity index is 1660. The van der Waals surface area contributed by atoms with Crippen molar-refractivity contribution < 1.29 is 52.2 Å². The molecule has 0 aromatic rings. The van der Waals surface area contributed by atoms with Crippen LogP contribution < -0.4 is 0 Å². The average Bonchev–Trinajstić information content (AvgIpc) is 3.39. The first kappa shape index (κ1) is 70.1. The molecule has 0 bridgehead atoms. The zero-order valence-electron chi connectivity index (χ0n) is 46.5. The van der Waals surface area contributed by atoms with Gasteiger partial charge in [0.1, 0.15) is 12.7 Å². The Balaban J connectivity index is 4.82. The predicted octanol–water partition coefficient (Wildman–Crippen LogP) is 17.0. The molecule has 422 valence electrons. The molecular weight excluding hydrogens is 952 g/mol. The molecule has 0 saturated heterocycles. The van der Waals surface area contributed by atoms with Crippen molar-refractivity contribution in [1.29, 1.82) is 0 Å². The minimum atomic E-state index is -4.78. The van der Waals surface area contributed by atoms with Crippen molar-refractivity contribution in [2.24, 2.45) is 0 Å². The van der Waals surface area contributed by atoms with E-state index in [2.05, 4.69) is 106 Å². The third-order valence-corrected chi connectivity index (χ3v) is 12.6. The fourth-order valence-electron chi connectivity index (χ4n) is 7.32. The van der Waals surface area contributed by atoms with Crippen molar-refractivity contribution in [3.05, 3.63) is 109 Å². The molecule has 2 N–H and O–H groups in total. The minimum absolute atomic E-state index is 0.0604. The first-order chi connectivity index (χ1) is 36.2. The monoisotopic (exact) mass is 1050 g/mol. The normalized spacial score (nSPS) is 14.2. The van der Waals surface area contributed by atoms with Crippen LogP contribution in [-0.2, 0) is 42.2 Å². The van der Waals surface area contributed by atoms with Gasteiger partial charge in [0.2, 0.25) is 0 Å². The van der Waals surface area contributed by atoms with Gasteiger partial charge in [-0.05, 0) is 103 Å². The molecular formula is C62H103O11P. The van der Waals surface area contributed by atoms with Crippen molar-refractivity contribution in [1.82, 2.24) is 0 Å². The fraction of sp³-hybridized carbons (Fsp3) is 0.661. The van der Waals surface area contributed by atoms with Gasteiger partial charge < -0.3 is 24.2 Å². The number of carbonyl (C=O) groups is 3. The van der Waals surface area contributed by atoms with Gasteiger partial charge in [-0.25, -0.2) is 4.57 Å². The molecule has 12 heteroatoms. The first-order valence-corrected chi connectivity index (χ1v) is 30.3. The SMILES string of the molecule is CC/C=C\C/C=C\C/C=C\C/C=C\C/C=C\CC(=O)OC(CO)COP(=O)(O)OCC(COC(=O)CCCCCCC/C=C\C/C=C\CCC)OC(=O)CCCCCCCCCCC/C=C\C/C=C\CCCCC. The van der Waals surface area contributed by atoms with Crippen LogP contribution in [0.25, 0.3) is 0 Å². The van der Waals surface area contributed by atoms with E-state index in [0.29, 0.717) is 19.3 Å². The molecule has 0 amide bonds. The highest BCUT2D eigenvalue weighted by Gasteiger charge is 2.28. The van der Waals surface area contributed by atoms with E-state index in [1.165, 1.54) is 57.8 Å². The average molecular weight is 1060 g/mol. The highest BCUT2D eigenvalue weighted by molar-refractivity contribution is 7.47. The number of carbonyl (C=O) groups excluding carboxylic acids is 3. The molecule has 3 unspecified atom stereocenters. The molecule has 0 aliphatic rings. The Morgan fingerprint density at radius 2 is 0.784 bits per heavy atom. The maximum Gasteiger partial charge on any atom is 0.472 e. The standard InChI is InChI=1S/C62H103O11P/c1-4-7-10-13-16-19-22-25-27-28-29-30-32-35-38-41-44-47-50-53-62(66)73-59(55-69-60(64)51-48-45-42-39-36-33-24-21-18-15-12-9-6-3)57-71-74(67,68)70-56-58(54-63)72-61(65)52-49-46-43-40-37-34-31-26-23-20-17-14-11-8-5-2/h8,11-12,15-17,19-21,24-27,31,37,40,46,49,58-59,63H,4-7,9-10,13-14,18,22-23,28-30,32-36,38-39,41-45,47-48,50-57H2,1-3H3,(H,67,68)/b11-8-,15-12-,19-16-,20-17-,24-21-,27-25-,31-26-,40-37-,49-46-. The van der Waals surface area contributed by atoms with Gasteiger partial charge in [0.15, 0.2) is 6.10 Å². The van der Waals surface area contributed by atoms with Gasteiger partial charge in [-0.1, -0.05) is 214 Å². The smallest absolute Gasteiger partial charge is 0.462 e. The molecule has 74 heavy (non-hydrogen) atoms. The van der Waals surface area contributed by atoms with E-state index in [1.54, 1.807) is 6.08 Å². The van der Waals surface area contributed by atoms with Crippen molar-refractivity contribution in [3.8, 4) is 0 Å². The van der Waals surface area contributed by atoms with E-state index in [-0.39, 0.29) is 25.9 Å². The number of hydrogen-bond donors (Lipinski definition) is 2. The summed E-state index contributed by atoms with van der Waals surface area (Å²) < 4.78 is 39.4. The number of hydrogen-bond acceptors (Lipinski definition) is 10. The van der Waals surface area contributed by atoms with Gasteiger partial charge in [0.25, 0.3) is 0 Å². The molecule has 0 aliphatic heterocycles. The molecule has 11 nitrogen and oxygen atoms in total. The lowest BCUT2D eigenvalue weighted by molar-refractivity contribution is -0.161. The molecule has 0 heterocycles. The van der Waals surface area contributed by atoms with E-state index in [4.69, 9.17) is 23.3 Å². The lowest BCUT2D eigenvalue weighted by atomic mass is 10.1. The van der Waals surface area contributed by atoms with Crippen molar-refractivity contribution in [3.63, 3.8) is 0 Å². The van der Waals surface area contributed by atoms with Crippen LogP contribution >= 0.6 is 7.82 Å². The first-order valence-electron chi connectivity index (χ1n) is 28.8. The lowest BCUT2D eigenvalue weighted by Gasteiger charge is -2.21. The Labute approximate surface area is 450 Å². The summed E-state index contributed by atoms with van der Waals surface area (Å²) in [5, 5.41) is 9.79. The summed E-state index contributed by atoms with van der Waals surface area (Å²) in [4.78, 5) is 48.5. The summed E-state index contributed by atoms with van der Waals surface area (Å²) in [6.45, 7) is 4.30. The van der Waals surface area contributed by atoms with E-state index in [9.17, 15) is 28.9 Å². The van der Waals surface area contributed by atoms with Crippen LogP contribution in [-0.4, -0.2) is 66.5 Å². The van der Waals surface area contributed by atoms with E-state index in [1.807, 2.05) is 18.2 Å². The topological polar surface area (TPSA) is 155 Å². The maximum atomic E-state index is 12.9. The molecule has 0 aromatic heterocycles. The van der Waals surface area contributed by atoms with Crippen LogP contribution in [0.4, 0.5) is 0 Å². The molecule has 3 atom stereocenters. The van der Waals surface area contributed by atoms with E-state index in [0.717, 1.165) is 109 Å². The van der Waals surface area contributed by atoms with Gasteiger partial charge in [-0.15, -0.1) is 0 Å². The summed E-state index contributed by atoms with van der Waals surface area (Å²) in [5.74, 6) is -1.63. The number of rotatable bonds is 52. The number of allylic oxidation sites excluding steroid dienone is 17. The molecule has 0 spiro atoms. The molecule has 0 aliphatic carbocycles. The number of phosphoric ester groups is 1. The maximum absolute atomic E-state index is 12.9. The van der Waals surface area contributed by atoms with Gasteiger partial charge in [-0.2, -0.15) is 0 Å². The Kier molecular flexibility index (Phi) is 52.5. The van der Waals surface area contributed by atoms with Gasteiger partial charge >= 0.3 is 25.7 Å². The summed E-state index contributed by atoms with van der Waals surface area (Å²) in [6, 6.07) is 0. The molecule has 0 radical (unpaired) electrons. The third kappa shape index (κ3) is 53.0. The van der Waals surface area contributed by atoms with Gasteiger partial charge in [0.05, 0.1) is 26.2 Å². The zero-order chi connectivity index (χ0) is 54.1. The van der Waals surface area contributed by atoms with E-state index < -0.39 is 57.8 Å². The second-order valence-corrected chi connectivity index (χ2v) is 20.2. The molecule has 0 aromatic carbocycles. The van der Waals surface area contributed by atoms with Crippen molar-refractivity contribution in [2.45, 2.75) is 238 Å². The summed E-state index contributed by atoms with van der Waals surface area (Å²) in [6.07, 6.45) is 66.5. The molecule has 0 saturated carbocycles. The van der Waals surface area contributed by atoms with Crippen LogP contribution in [0.2, 0.25) is 0 Å². The summed E-state index contributed by atoms with van der Waals surface area (Å²) >= 11 is 0. The number of ether oxygens (including phenoxy) is 3. The Hall–Kier alpha value is -3.86. The summed E-state index contributed by atoms with van der Waals surface area (Å²) in [5.41, 5.74) is 0. The molecule has 0 rings (SSSR count). The fourth-order valence-corrected chi connectivity index (χ4v) is 8.11. The Morgan fingerprint density at radius 1 is 0.405 bits per heavy atom. The largest absolute Gasteiger partial charge is 0.472 e. The number of aliphatic hydroxyl groups is 1. The van der Waals surface area contributed by atoms with Gasteiger partial charge in [-0.3, -0.25) is 23.4 Å².